The molecule has 2 rings (SSSR count). The van der Waals surface area contributed by atoms with Crippen molar-refractivity contribution in [1.82, 2.24) is 5.32 Å². The number of rotatable bonds is 11. The highest BCUT2D eigenvalue weighted by molar-refractivity contribution is 6.34. The molecule has 0 saturated carbocycles. The Morgan fingerprint density at radius 2 is 1.73 bits per heavy atom. The smallest absolute Gasteiger partial charge is 0.255 e. The summed E-state index contributed by atoms with van der Waals surface area (Å²) in [6.07, 6.45) is 2.27. The summed E-state index contributed by atoms with van der Waals surface area (Å²) < 4.78 is 4.93. The lowest BCUT2D eigenvalue weighted by atomic mass is 10.1. The van der Waals surface area contributed by atoms with Crippen LogP contribution in [0.15, 0.2) is 42.5 Å². The summed E-state index contributed by atoms with van der Waals surface area (Å²) in [6, 6.07) is 12.3. The maximum Gasteiger partial charge on any atom is 0.255 e. The summed E-state index contributed by atoms with van der Waals surface area (Å²) in [5.74, 6) is -0.535. The van der Waals surface area contributed by atoms with Crippen LogP contribution in [-0.4, -0.2) is 45.2 Å². The van der Waals surface area contributed by atoms with Crippen LogP contribution in [0, 0.1) is 0 Å². The highest BCUT2D eigenvalue weighted by Crippen LogP contribution is 2.24. The number of carbonyl (C=O) groups is 2. The fourth-order valence-electron chi connectivity index (χ4n) is 2.97. The number of benzene rings is 2. The second-order valence-electron chi connectivity index (χ2n) is 6.88. The number of nitrogens with one attached hydrogen (secondary N) is 2. The first-order valence-corrected chi connectivity index (χ1v) is 10.6. The van der Waals surface area contributed by atoms with E-state index < -0.39 is 0 Å². The van der Waals surface area contributed by atoms with Crippen molar-refractivity contribution in [3.63, 3.8) is 0 Å². The van der Waals surface area contributed by atoms with Crippen LogP contribution in [0.1, 0.15) is 47.4 Å². The Labute approximate surface area is 183 Å². The lowest BCUT2D eigenvalue weighted by Gasteiger charge is -2.23. The lowest BCUT2D eigenvalue weighted by Crippen LogP contribution is -2.27. The van der Waals surface area contributed by atoms with E-state index in [0.29, 0.717) is 35.0 Å². The van der Waals surface area contributed by atoms with Crippen molar-refractivity contribution < 1.29 is 14.3 Å². The molecule has 0 aliphatic carbocycles. The van der Waals surface area contributed by atoms with E-state index in [2.05, 4.69) is 29.4 Å². The van der Waals surface area contributed by atoms with Crippen molar-refractivity contribution in [2.45, 2.75) is 26.7 Å². The van der Waals surface area contributed by atoms with Gasteiger partial charge in [-0.1, -0.05) is 24.9 Å². The number of hydrogen-bond donors (Lipinski definition) is 2. The molecule has 0 aliphatic rings. The molecule has 2 aromatic carbocycles. The van der Waals surface area contributed by atoms with Gasteiger partial charge in [-0.05, 0) is 55.8 Å². The lowest BCUT2D eigenvalue weighted by molar-refractivity contribution is 0.0936. The van der Waals surface area contributed by atoms with E-state index in [4.69, 9.17) is 16.3 Å². The van der Waals surface area contributed by atoms with E-state index in [1.54, 1.807) is 37.4 Å². The van der Waals surface area contributed by atoms with Crippen LogP contribution in [-0.2, 0) is 4.74 Å². The average molecular weight is 432 g/mol. The van der Waals surface area contributed by atoms with Crippen LogP contribution in [0.3, 0.4) is 0 Å². The summed E-state index contributed by atoms with van der Waals surface area (Å²) in [7, 11) is 1.57. The van der Waals surface area contributed by atoms with Crippen molar-refractivity contribution in [2.75, 3.05) is 43.6 Å². The van der Waals surface area contributed by atoms with Crippen LogP contribution in [0.5, 0.6) is 0 Å². The number of halogens is 1. The molecule has 0 spiro atoms. The number of ether oxygens (including phenoxy) is 1. The second kappa shape index (κ2) is 12.2. The maximum absolute atomic E-state index is 12.7. The van der Waals surface area contributed by atoms with Crippen LogP contribution in [0.25, 0.3) is 0 Å². The molecule has 7 heteroatoms. The molecule has 0 unspecified atom stereocenters. The van der Waals surface area contributed by atoms with Gasteiger partial charge in [0.1, 0.15) is 0 Å². The molecule has 0 radical (unpaired) electrons. The first kappa shape index (κ1) is 23.7. The van der Waals surface area contributed by atoms with Crippen LogP contribution in [0.4, 0.5) is 11.4 Å². The molecule has 2 N–H and O–H groups in total. The van der Waals surface area contributed by atoms with Crippen LogP contribution >= 0.6 is 11.6 Å². The van der Waals surface area contributed by atoms with E-state index in [9.17, 15) is 9.59 Å². The molecule has 0 heterocycles. The van der Waals surface area contributed by atoms with Crippen molar-refractivity contribution in [3.05, 3.63) is 58.6 Å². The highest BCUT2D eigenvalue weighted by Gasteiger charge is 2.13. The minimum absolute atomic E-state index is 0.254. The highest BCUT2D eigenvalue weighted by atomic mass is 35.5. The number of nitrogens with zero attached hydrogens (tertiary/aromatic N) is 1. The fourth-order valence-corrected chi connectivity index (χ4v) is 3.13. The Kier molecular flexibility index (Phi) is 9.64. The molecule has 6 nitrogen and oxygen atoms in total. The number of amides is 2. The minimum atomic E-state index is -0.281. The number of carbonyl (C=O) groups excluding carboxylic acids is 2. The summed E-state index contributed by atoms with van der Waals surface area (Å²) in [6.45, 7) is 7.03. The van der Waals surface area contributed by atoms with E-state index in [1.165, 1.54) is 0 Å². The third kappa shape index (κ3) is 6.75. The van der Waals surface area contributed by atoms with Crippen LogP contribution in [0.2, 0.25) is 5.02 Å². The van der Waals surface area contributed by atoms with Crippen molar-refractivity contribution in [2.24, 2.45) is 0 Å². The summed E-state index contributed by atoms with van der Waals surface area (Å²) in [5, 5.41) is 5.91. The normalized spacial score (nSPS) is 10.5. The predicted molar refractivity (Wildman–Crippen MR) is 123 cm³/mol. The zero-order valence-electron chi connectivity index (χ0n) is 17.8. The van der Waals surface area contributed by atoms with Crippen LogP contribution < -0.4 is 15.5 Å². The van der Waals surface area contributed by atoms with E-state index in [1.807, 2.05) is 12.1 Å². The summed E-state index contributed by atoms with van der Waals surface area (Å²) >= 11 is 6.22. The SMILES string of the molecule is CCCCN(CC)c1ccc(C(=O)Nc2cc(C(=O)NCCOC)ccc2Cl)cc1. The van der Waals surface area contributed by atoms with Gasteiger partial charge in [0.25, 0.3) is 11.8 Å². The molecule has 2 amide bonds. The number of methoxy groups -OCH3 is 1. The fraction of sp³-hybridized carbons (Fsp3) is 0.391. The van der Waals surface area contributed by atoms with E-state index in [0.717, 1.165) is 31.6 Å². The predicted octanol–water partition coefficient (Wildman–Crippen LogP) is 4.59. The molecule has 30 heavy (non-hydrogen) atoms. The monoisotopic (exact) mass is 431 g/mol. The maximum atomic E-state index is 12.7. The van der Waals surface area contributed by atoms with Gasteiger partial charge in [0.2, 0.25) is 0 Å². The Hall–Kier alpha value is -2.57. The Balaban J connectivity index is 2.08. The number of unbranched alkanes of at least 4 members (excludes halogenated alkanes) is 1. The number of hydrogen-bond acceptors (Lipinski definition) is 4. The van der Waals surface area contributed by atoms with Gasteiger partial charge in [-0.2, -0.15) is 0 Å². The molecule has 0 aliphatic heterocycles. The minimum Gasteiger partial charge on any atom is -0.383 e. The number of anilines is 2. The summed E-state index contributed by atoms with van der Waals surface area (Å²) in [5.41, 5.74) is 2.42. The molecule has 162 valence electrons. The van der Waals surface area contributed by atoms with E-state index in [-0.39, 0.29) is 11.8 Å². The molecular weight excluding hydrogens is 402 g/mol. The van der Waals surface area contributed by atoms with Gasteiger partial charge in [0.05, 0.1) is 17.3 Å². The quantitative estimate of drug-likeness (QED) is 0.510. The topological polar surface area (TPSA) is 70.7 Å². The van der Waals surface area contributed by atoms with E-state index >= 15 is 0 Å². The van der Waals surface area contributed by atoms with Gasteiger partial charge in [-0.3, -0.25) is 9.59 Å². The average Bonchev–Trinajstić information content (AvgIpc) is 2.76. The first-order valence-electron chi connectivity index (χ1n) is 10.2. The van der Waals surface area contributed by atoms with Gasteiger partial charge in [0, 0.05) is 43.6 Å². The largest absolute Gasteiger partial charge is 0.383 e. The standard InChI is InChI=1S/C23H30ClN3O3/c1-4-6-14-27(5-2)19-10-7-17(8-11-19)23(29)26-21-16-18(9-12-20(21)24)22(28)25-13-15-30-3/h7-12,16H,4-6,13-15H2,1-3H3,(H,25,28)(H,26,29). The van der Waals surface area contributed by atoms with Gasteiger partial charge >= 0.3 is 0 Å². The Morgan fingerprint density at radius 1 is 1.03 bits per heavy atom. The van der Waals surface area contributed by atoms with Crippen molar-refractivity contribution in [1.29, 1.82) is 0 Å². The molecule has 0 atom stereocenters. The van der Waals surface area contributed by atoms with Crippen molar-refractivity contribution in [3.8, 4) is 0 Å². The third-order valence-electron chi connectivity index (χ3n) is 4.73. The Morgan fingerprint density at radius 3 is 2.37 bits per heavy atom. The van der Waals surface area contributed by atoms with Gasteiger partial charge in [-0.15, -0.1) is 0 Å². The first-order chi connectivity index (χ1) is 14.5. The van der Waals surface area contributed by atoms with Crippen molar-refractivity contribution >= 4 is 34.8 Å². The molecular formula is C23H30ClN3O3. The van der Waals surface area contributed by atoms with Gasteiger partial charge in [0.15, 0.2) is 0 Å². The zero-order valence-corrected chi connectivity index (χ0v) is 18.6. The zero-order chi connectivity index (χ0) is 21.9. The van der Waals surface area contributed by atoms with Gasteiger partial charge < -0.3 is 20.3 Å². The van der Waals surface area contributed by atoms with Gasteiger partial charge in [-0.25, -0.2) is 0 Å². The second-order valence-corrected chi connectivity index (χ2v) is 7.28. The molecule has 0 fully saturated rings. The molecule has 0 bridgehead atoms. The molecule has 2 aromatic rings. The molecule has 0 aromatic heterocycles. The summed E-state index contributed by atoms with van der Waals surface area (Å²) in [4.78, 5) is 27.2. The Bertz CT molecular complexity index is 840. The third-order valence-corrected chi connectivity index (χ3v) is 5.06. The molecule has 0 saturated heterocycles.